The predicted octanol–water partition coefficient (Wildman–Crippen LogP) is 2.47. The fraction of sp³-hybridized carbons (Fsp3) is 0.400. The number of fused-ring (bicyclic) bond motifs is 1. The maximum Gasteiger partial charge on any atom is 0.211 e. The molecule has 1 aromatic heterocycles. The normalized spacial score (nSPS) is 17.6. The summed E-state index contributed by atoms with van der Waals surface area (Å²) in [7, 11) is -3.11. The molecule has 0 N–H and O–H groups in total. The van der Waals surface area contributed by atoms with Crippen LogP contribution in [0.4, 0.5) is 5.69 Å². The van der Waals surface area contributed by atoms with Crippen molar-refractivity contribution in [2.75, 3.05) is 37.3 Å². The van der Waals surface area contributed by atoms with Gasteiger partial charge in [0.15, 0.2) is 0 Å². The lowest BCUT2D eigenvalue weighted by Gasteiger charge is -2.24. The zero-order valence-corrected chi connectivity index (χ0v) is 14.8. The van der Waals surface area contributed by atoms with Crippen LogP contribution in [-0.4, -0.2) is 50.1 Å². The van der Waals surface area contributed by atoms with E-state index in [-0.39, 0.29) is 0 Å². The van der Waals surface area contributed by atoms with E-state index in [1.165, 1.54) is 6.26 Å². The molecule has 22 heavy (non-hydrogen) atoms. The maximum atomic E-state index is 11.7. The van der Waals surface area contributed by atoms with Crippen molar-refractivity contribution in [1.82, 2.24) is 9.29 Å². The lowest BCUT2D eigenvalue weighted by atomic mass is 10.1. The molecule has 1 aliphatic heterocycles. The van der Waals surface area contributed by atoms with Crippen LogP contribution in [-0.2, 0) is 10.0 Å². The van der Waals surface area contributed by atoms with Crippen molar-refractivity contribution in [3.8, 4) is 0 Å². The van der Waals surface area contributed by atoms with Gasteiger partial charge in [-0.2, -0.15) is 0 Å². The predicted molar refractivity (Wildman–Crippen MR) is 92.7 cm³/mol. The van der Waals surface area contributed by atoms with Crippen molar-refractivity contribution in [2.24, 2.45) is 0 Å². The van der Waals surface area contributed by atoms with Gasteiger partial charge in [0, 0.05) is 47.9 Å². The number of halogens is 1. The van der Waals surface area contributed by atoms with Crippen LogP contribution in [0, 0.1) is 0 Å². The summed E-state index contributed by atoms with van der Waals surface area (Å²) < 4.78 is 26.0. The average molecular weight is 384 g/mol. The molecule has 0 amide bonds. The van der Waals surface area contributed by atoms with Crippen LogP contribution in [0.2, 0.25) is 0 Å². The van der Waals surface area contributed by atoms with Gasteiger partial charge in [-0.1, -0.05) is 15.9 Å². The minimum Gasteiger partial charge on any atom is -0.370 e. The maximum absolute atomic E-state index is 11.7. The minimum absolute atomic E-state index is 0.527. The highest BCUT2D eigenvalue weighted by atomic mass is 79.9. The molecule has 0 bridgehead atoms. The van der Waals surface area contributed by atoms with Gasteiger partial charge in [-0.05, 0) is 30.7 Å². The summed E-state index contributed by atoms with van der Waals surface area (Å²) >= 11 is 3.47. The number of anilines is 1. The molecular weight excluding hydrogens is 366 g/mol. The van der Waals surface area contributed by atoms with Crippen LogP contribution in [0.5, 0.6) is 0 Å². The SMILES string of the molecule is CS(=O)(=O)N1CCCN(c2ccnc3cc(Br)ccc23)CC1. The third-order valence-corrected chi connectivity index (χ3v) is 5.74. The van der Waals surface area contributed by atoms with E-state index >= 15 is 0 Å². The van der Waals surface area contributed by atoms with E-state index in [4.69, 9.17) is 0 Å². The van der Waals surface area contributed by atoms with Crippen LogP contribution in [0.1, 0.15) is 6.42 Å². The van der Waals surface area contributed by atoms with E-state index < -0.39 is 10.0 Å². The first-order valence-electron chi connectivity index (χ1n) is 7.19. The zero-order valence-electron chi connectivity index (χ0n) is 12.4. The van der Waals surface area contributed by atoms with Crippen LogP contribution >= 0.6 is 15.9 Å². The fourth-order valence-electron chi connectivity index (χ4n) is 2.85. The molecule has 1 aromatic carbocycles. The number of pyridine rings is 1. The Kier molecular flexibility index (Phi) is 4.38. The van der Waals surface area contributed by atoms with Crippen LogP contribution < -0.4 is 4.90 Å². The first-order chi connectivity index (χ1) is 10.4. The summed E-state index contributed by atoms with van der Waals surface area (Å²) in [6, 6.07) is 8.07. The highest BCUT2D eigenvalue weighted by Crippen LogP contribution is 2.28. The van der Waals surface area contributed by atoms with Gasteiger partial charge in [-0.3, -0.25) is 4.98 Å². The van der Waals surface area contributed by atoms with Crippen molar-refractivity contribution in [1.29, 1.82) is 0 Å². The standard InChI is InChI=1S/C15H18BrN3O2S/c1-22(20,21)19-8-2-7-18(9-10-19)15-5-6-17-14-11-12(16)3-4-13(14)15/h3-6,11H,2,7-10H2,1H3. The number of hydrogen-bond donors (Lipinski definition) is 0. The number of nitrogens with zero attached hydrogens (tertiary/aromatic N) is 3. The molecule has 5 nitrogen and oxygen atoms in total. The molecule has 3 rings (SSSR count). The Morgan fingerprint density at radius 2 is 1.95 bits per heavy atom. The van der Waals surface area contributed by atoms with Crippen LogP contribution in [0.15, 0.2) is 34.9 Å². The molecule has 0 radical (unpaired) electrons. The topological polar surface area (TPSA) is 53.5 Å². The van der Waals surface area contributed by atoms with Gasteiger partial charge >= 0.3 is 0 Å². The van der Waals surface area contributed by atoms with Crippen molar-refractivity contribution in [3.63, 3.8) is 0 Å². The van der Waals surface area contributed by atoms with Crippen molar-refractivity contribution in [2.45, 2.75) is 6.42 Å². The van der Waals surface area contributed by atoms with Gasteiger partial charge < -0.3 is 4.90 Å². The Balaban J connectivity index is 1.92. The summed E-state index contributed by atoms with van der Waals surface area (Å²) in [5.74, 6) is 0. The third kappa shape index (κ3) is 3.26. The second kappa shape index (κ2) is 6.14. The first-order valence-corrected chi connectivity index (χ1v) is 9.83. The highest BCUT2D eigenvalue weighted by Gasteiger charge is 2.22. The fourth-order valence-corrected chi connectivity index (χ4v) is 4.07. The first kappa shape index (κ1) is 15.7. The molecule has 0 saturated carbocycles. The van der Waals surface area contributed by atoms with Gasteiger partial charge in [0.05, 0.1) is 11.8 Å². The molecule has 0 unspecified atom stereocenters. The molecule has 0 atom stereocenters. The molecule has 2 heterocycles. The summed E-state index contributed by atoms with van der Waals surface area (Å²) in [6.07, 6.45) is 3.92. The second-order valence-corrected chi connectivity index (χ2v) is 8.39. The van der Waals surface area contributed by atoms with Crippen molar-refractivity contribution in [3.05, 3.63) is 34.9 Å². The van der Waals surface area contributed by atoms with E-state index in [0.29, 0.717) is 19.6 Å². The Bertz CT molecular complexity index is 794. The van der Waals surface area contributed by atoms with Gasteiger partial charge in [0.1, 0.15) is 0 Å². The zero-order chi connectivity index (χ0) is 15.7. The Morgan fingerprint density at radius 3 is 2.73 bits per heavy atom. The Labute approximate surface area is 139 Å². The van der Waals surface area contributed by atoms with Crippen LogP contribution in [0.25, 0.3) is 10.9 Å². The molecule has 7 heteroatoms. The van der Waals surface area contributed by atoms with E-state index in [2.05, 4.69) is 31.9 Å². The lowest BCUT2D eigenvalue weighted by Crippen LogP contribution is -2.34. The van der Waals surface area contributed by atoms with E-state index in [9.17, 15) is 8.42 Å². The van der Waals surface area contributed by atoms with E-state index in [1.807, 2.05) is 24.4 Å². The van der Waals surface area contributed by atoms with Crippen LogP contribution in [0.3, 0.4) is 0 Å². The monoisotopic (exact) mass is 383 g/mol. The molecule has 1 aliphatic rings. The highest BCUT2D eigenvalue weighted by molar-refractivity contribution is 9.10. The Morgan fingerprint density at radius 1 is 1.14 bits per heavy atom. The molecule has 2 aromatic rings. The summed E-state index contributed by atoms with van der Waals surface area (Å²) in [5.41, 5.74) is 2.06. The third-order valence-electron chi connectivity index (χ3n) is 3.95. The summed E-state index contributed by atoms with van der Waals surface area (Å²) in [5, 5.41) is 1.10. The number of aromatic nitrogens is 1. The summed E-state index contributed by atoms with van der Waals surface area (Å²) in [6.45, 7) is 2.66. The minimum atomic E-state index is -3.11. The molecule has 1 saturated heterocycles. The molecule has 0 aliphatic carbocycles. The molecular formula is C15H18BrN3O2S. The van der Waals surface area contributed by atoms with E-state index in [0.717, 1.165) is 34.0 Å². The second-order valence-electron chi connectivity index (χ2n) is 5.49. The largest absolute Gasteiger partial charge is 0.370 e. The van der Waals surface area contributed by atoms with Crippen molar-refractivity contribution < 1.29 is 8.42 Å². The average Bonchev–Trinajstić information content (AvgIpc) is 2.71. The number of benzene rings is 1. The molecule has 1 fully saturated rings. The van der Waals surface area contributed by atoms with Gasteiger partial charge in [-0.25, -0.2) is 12.7 Å². The van der Waals surface area contributed by atoms with Crippen molar-refractivity contribution >= 4 is 42.5 Å². The number of rotatable bonds is 2. The quantitative estimate of drug-likeness (QED) is 0.799. The van der Waals surface area contributed by atoms with Gasteiger partial charge in [0.2, 0.25) is 10.0 Å². The molecule has 118 valence electrons. The van der Waals surface area contributed by atoms with Gasteiger partial charge in [-0.15, -0.1) is 0 Å². The Hall–Kier alpha value is -1.18. The lowest BCUT2D eigenvalue weighted by molar-refractivity contribution is 0.437. The summed E-state index contributed by atoms with van der Waals surface area (Å²) in [4.78, 5) is 6.67. The van der Waals surface area contributed by atoms with E-state index in [1.54, 1.807) is 4.31 Å². The number of sulfonamides is 1. The smallest absolute Gasteiger partial charge is 0.211 e. The van der Waals surface area contributed by atoms with Gasteiger partial charge in [0.25, 0.3) is 0 Å². The molecule has 0 spiro atoms. The number of hydrogen-bond acceptors (Lipinski definition) is 4.